The number of aryl methyl sites for hydroxylation is 2. The summed E-state index contributed by atoms with van der Waals surface area (Å²) in [4.78, 5) is 0. The molecule has 3 rings (SSSR count). The van der Waals surface area contributed by atoms with Gasteiger partial charge in [-0.05, 0) is 55.2 Å². The van der Waals surface area contributed by atoms with Crippen molar-refractivity contribution in [2.24, 2.45) is 0 Å². The predicted molar refractivity (Wildman–Crippen MR) is 107 cm³/mol. The van der Waals surface area contributed by atoms with Gasteiger partial charge in [-0.15, -0.1) is 0 Å². The first-order valence-corrected chi connectivity index (χ1v) is 9.55. The number of hydrogen-bond donors (Lipinski definition) is 1. The van der Waals surface area contributed by atoms with Gasteiger partial charge in [-0.25, -0.2) is 0 Å². The highest BCUT2D eigenvalue weighted by atomic mass is 16.6. The summed E-state index contributed by atoms with van der Waals surface area (Å²) in [6.07, 6.45) is -0.214. The van der Waals surface area contributed by atoms with Crippen molar-refractivity contribution in [2.75, 3.05) is 19.8 Å². The number of aliphatic hydroxyl groups excluding tert-OH is 1. The van der Waals surface area contributed by atoms with Crippen LogP contribution in [-0.4, -0.2) is 37.1 Å². The predicted octanol–water partition coefficient (Wildman–Crippen LogP) is 4.17. The lowest BCUT2D eigenvalue weighted by molar-refractivity contribution is 0.122. The van der Waals surface area contributed by atoms with E-state index in [-0.39, 0.29) is 11.5 Å². The van der Waals surface area contributed by atoms with Gasteiger partial charge in [-0.1, -0.05) is 38.1 Å². The van der Waals surface area contributed by atoms with Crippen LogP contribution in [-0.2, 0) is 10.2 Å². The minimum Gasteiger partial charge on any atom is -0.491 e. The van der Waals surface area contributed by atoms with Gasteiger partial charge >= 0.3 is 0 Å². The standard InChI is InChI=1S/C23H30O4/c1-15-10-18(6-8-21(15)26-12-17(3)24)23(4,5)19-7-9-22(16(2)11-19)27-14-20-13-25-20/h6-11,17,20,24H,12-14H2,1-5H3. The molecule has 4 nitrogen and oxygen atoms in total. The molecule has 1 aliphatic rings. The molecule has 27 heavy (non-hydrogen) atoms. The van der Waals surface area contributed by atoms with Crippen molar-refractivity contribution in [3.63, 3.8) is 0 Å². The summed E-state index contributed by atoms with van der Waals surface area (Å²) >= 11 is 0. The smallest absolute Gasteiger partial charge is 0.122 e. The fraction of sp³-hybridized carbons (Fsp3) is 0.478. The molecule has 1 aliphatic heterocycles. The summed E-state index contributed by atoms with van der Waals surface area (Å²) in [6.45, 7) is 12.0. The van der Waals surface area contributed by atoms with E-state index in [4.69, 9.17) is 14.2 Å². The Morgan fingerprint density at radius 2 is 1.56 bits per heavy atom. The fourth-order valence-electron chi connectivity index (χ4n) is 3.12. The van der Waals surface area contributed by atoms with E-state index in [0.29, 0.717) is 13.2 Å². The maximum Gasteiger partial charge on any atom is 0.122 e. The van der Waals surface area contributed by atoms with Gasteiger partial charge in [0, 0.05) is 5.41 Å². The average molecular weight is 370 g/mol. The summed E-state index contributed by atoms with van der Waals surface area (Å²) < 4.78 is 16.7. The number of ether oxygens (including phenoxy) is 3. The molecule has 1 heterocycles. The van der Waals surface area contributed by atoms with Gasteiger partial charge in [0.05, 0.1) is 12.7 Å². The van der Waals surface area contributed by atoms with Gasteiger partial charge in [0.15, 0.2) is 0 Å². The number of hydrogen-bond acceptors (Lipinski definition) is 4. The molecular weight excluding hydrogens is 340 g/mol. The average Bonchev–Trinajstić information content (AvgIpc) is 3.43. The first-order chi connectivity index (χ1) is 12.8. The molecule has 4 heteroatoms. The maximum atomic E-state index is 9.42. The van der Waals surface area contributed by atoms with Crippen molar-refractivity contribution in [3.05, 3.63) is 58.7 Å². The molecule has 0 spiro atoms. The molecule has 0 bridgehead atoms. The molecule has 0 saturated carbocycles. The van der Waals surface area contributed by atoms with Crippen LogP contribution in [0.15, 0.2) is 36.4 Å². The highest BCUT2D eigenvalue weighted by molar-refractivity contribution is 5.47. The second-order valence-corrected chi connectivity index (χ2v) is 8.01. The largest absolute Gasteiger partial charge is 0.491 e. The Balaban J connectivity index is 1.78. The number of rotatable bonds is 8. The lowest BCUT2D eigenvalue weighted by Gasteiger charge is -2.28. The van der Waals surface area contributed by atoms with Crippen LogP contribution in [0.1, 0.15) is 43.0 Å². The molecule has 0 radical (unpaired) electrons. The molecule has 2 aromatic carbocycles. The van der Waals surface area contributed by atoms with Crippen LogP contribution in [0.25, 0.3) is 0 Å². The topological polar surface area (TPSA) is 51.2 Å². The third kappa shape index (κ3) is 4.82. The zero-order chi connectivity index (χ0) is 19.6. The molecule has 1 N–H and O–H groups in total. The molecule has 2 aromatic rings. The summed E-state index contributed by atoms with van der Waals surface area (Å²) in [7, 11) is 0. The monoisotopic (exact) mass is 370 g/mol. The Morgan fingerprint density at radius 1 is 1.04 bits per heavy atom. The summed E-state index contributed by atoms with van der Waals surface area (Å²) in [5.74, 6) is 1.74. The van der Waals surface area contributed by atoms with Crippen molar-refractivity contribution >= 4 is 0 Å². The van der Waals surface area contributed by atoms with Crippen LogP contribution in [0.5, 0.6) is 11.5 Å². The van der Waals surface area contributed by atoms with E-state index in [1.165, 1.54) is 11.1 Å². The number of aliphatic hydroxyl groups is 1. The molecule has 146 valence electrons. The van der Waals surface area contributed by atoms with Gasteiger partial charge in [0.1, 0.15) is 30.8 Å². The quantitative estimate of drug-likeness (QED) is 0.709. The second kappa shape index (κ2) is 7.91. The van der Waals surface area contributed by atoms with E-state index in [9.17, 15) is 5.11 Å². The van der Waals surface area contributed by atoms with E-state index in [1.54, 1.807) is 6.92 Å². The Hall–Kier alpha value is -2.04. The first kappa shape index (κ1) is 19.7. The summed E-state index contributed by atoms with van der Waals surface area (Å²) in [5.41, 5.74) is 4.53. The van der Waals surface area contributed by atoms with Crippen LogP contribution < -0.4 is 9.47 Å². The van der Waals surface area contributed by atoms with Crippen LogP contribution in [0.3, 0.4) is 0 Å². The lowest BCUT2D eigenvalue weighted by atomic mass is 9.77. The Bertz CT molecular complexity index is 733. The Morgan fingerprint density at radius 3 is 2.00 bits per heavy atom. The summed E-state index contributed by atoms with van der Waals surface area (Å²) in [6, 6.07) is 12.7. The van der Waals surface area contributed by atoms with Gasteiger partial charge in [0.25, 0.3) is 0 Å². The molecule has 2 unspecified atom stereocenters. The molecule has 1 fully saturated rings. The maximum absolute atomic E-state index is 9.42. The highest BCUT2D eigenvalue weighted by Crippen LogP contribution is 2.36. The molecular formula is C23H30O4. The van der Waals surface area contributed by atoms with Crippen LogP contribution in [0.2, 0.25) is 0 Å². The van der Waals surface area contributed by atoms with E-state index in [0.717, 1.165) is 29.2 Å². The highest BCUT2D eigenvalue weighted by Gasteiger charge is 2.26. The van der Waals surface area contributed by atoms with Crippen molar-refractivity contribution in [2.45, 2.75) is 52.2 Å². The third-order valence-corrected chi connectivity index (χ3v) is 5.10. The van der Waals surface area contributed by atoms with Gasteiger partial charge in [-0.3, -0.25) is 0 Å². The number of epoxide rings is 1. The van der Waals surface area contributed by atoms with Crippen molar-refractivity contribution < 1.29 is 19.3 Å². The lowest BCUT2D eigenvalue weighted by Crippen LogP contribution is -2.20. The number of benzene rings is 2. The molecule has 2 atom stereocenters. The SMILES string of the molecule is Cc1cc(C(C)(C)c2ccc(OCC3CO3)c(C)c2)ccc1OCC(C)O. The summed E-state index contributed by atoms with van der Waals surface area (Å²) in [5, 5.41) is 9.42. The van der Waals surface area contributed by atoms with Crippen LogP contribution in [0.4, 0.5) is 0 Å². The van der Waals surface area contributed by atoms with Crippen LogP contribution in [0, 0.1) is 13.8 Å². The molecule has 0 aromatic heterocycles. The van der Waals surface area contributed by atoms with E-state index >= 15 is 0 Å². The van der Waals surface area contributed by atoms with E-state index in [2.05, 4.69) is 51.1 Å². The van der Waals surface area contributed by atoms with Gasteiger partial charge in [0.2, 0.25) is 0 Å². The van der Waals surface area contributed by atoms with Crippen molar-refractivity contribution in [1.29, 1.82) is 0 Å². The second-order valence-electron chi connectivity index (χ2n) is 8.01. The van der Waals surface area contributed by atoms with E-state index < -0.39 is 6.10 Å². The normalized spacial score (nSPS) is 17.5. The zero-order valence-corrected chi connectivity index (χ0v) is 16.9. The molecule has 0 amide bonds. The fourth-order valence-corrected chi connectivity index (χ4v) is 3.12. The van der Waals surface area contributed by atoms with Gasteiger partial charge < -0.3 is 19.3 Å². The van der Waals surface area contributed by atoms with Crippen molar-refractivity contribution in [1.82, 2.24) is 0 Å². The van der Waals surface area contributed by atoms with Crippen LogP contribution >= 0.6 is 0 Å². The third-order valence-electron chi connectivity index (χ3n) is 5.10. The first-order valence-electron chi connectivity index (χ1n) is 9.55. The minimum absolute atomic E-state index is 0.142. The van der Waals surface area contributed by atoms with Crippen molar-refractivity contribution in [3.8, 4) is 11.5 Å². The van der Waals surface area contributed by atoms with E-state index in [1.807, 2.05) is 13.0 Å². The Kier molecular flexibility index (Phi) is 5.78. The molecule has 0 aliphatic carbocycles. The minimum atomic E-state index is -0.476. The molecule has 1 saturated heterocycles. The zero-order valence-electron chi connectivity index (χ0n) is 16.9. The Labute approximate surface area is 162 Å². The van der Waals surface area contributed by atoms with Gasteiger partial charge in [-0.2, -0.15) is 0 Å².